The molecule has 0 aliphatic carbocycles. The number of nitrogens with zero attached hydrogens (tertiary/aromatic N) is 4. The Morgan fingerprint density at radius 1 is 1.17 bits per heavy atom. The van der Waals surface area contributed by atoms with Gasteiger partial charge in [-0.2, -0.15) is 0 Å². The lowest BCUT2D eigenvalue weighted by Crippen LogP contribution is -2.45. The molecule has 0 bridgehead atoms. The average Bonchev–Trinajstić information content (AvgIpc) is 3.29. The minimum atomic E-state index is -0.888. The Bertz CT molecular complexity index is 1320. The van der Waals surface area contributed by atoms with Crippen LogP contribution in [0.3, 0.4) is 0 Å². The average molecular weight is 501 g/mol. The highest BCUT2D eigenvalue weighted by atomic mass is 35.5. The zero-order valence-electron chi connectivity index (χ0n) is 18.9. The van der Waals surface area contributed by atoms with Gasteiger partial charge in [-0.3, -0.25) is 14.2 Å². The quantitative estimate of drug-likeness (QED) is 0.556. The van der Waals surface area contributed by atoms with Crippen LogP contribution >= 0.6 is 11.6 Å². The first kappa shape index (κ1) is 24.3. The number of amides is 3. The van der Waals surface area contributed by atoms with Gasteiger partial charge < -0.3 is 20.3 Å². The fourth-order valence-corrected chi connectivity index (χ4v) is 3.88. The maximum atomic E-state index is 14.8. The van der Waals surface area contributed by atoms with E-state index in [2.05, 4.69) is 20.8 Å². The van der Waals surface area contributed by atoms with Crippen molar-refractivity contribution < 1.29 is 18.7 Å². The van der Waals surface area contributed by atoms with Gasteiger partial charge in [-0.25, -0.2) is 9.18 Å². The number of carbonyl (C=O) groups excluding carboxylic acids is 2. The van der Waals surface area contributed by atoms with E-state index in [1.807, 2.05) is 0 Å². The molecule has 3 amide bonds. The highest BCUT2D eigenvalue weighted by Crippen LogP contribution is 2.25. The number of nitrogens with one attached hydrogen (secondary N) is 2. The summed E-state index contributed by atoms with van der Waals surface area (Å²) in [6.07, 6.45) is 1.07. The number of aryl methyl sites for hydroxylation is 1. The van der Waals surface area contributed by atoms with Crippen LogP contribution in [-0.2, 0) is 9.53 Å². The van der Waals surface area contributed by atoms with Crippen molar-refractivity contribution in [2.24, 2.45) is 0 Å². The Balaban J connectivity index is 1.51. The van der Waals surface area contributed by atoms with E-state index in [0.717, 1.165) is 10.6 Å². The molecule has 1 aliphatic rings. The Kier molecular flexibility index (Phi) is 7.08. The van der Waals surface area contributed by atoms with E-state index in [-0.39, 0.29) is 36.1 Å². The molecule has 0 radical (unpaired) electrons. The van der Waals surface area contributed by atoms with E-state index in [1.165, 1.54) is 37.4 Å². The molecule has 3 aromatic rings. The summed E-state index contributed by atoms with van der Waals surface area (Å²) in [5.41, 5.74) is 0.376. The summed E-state index contributed by atoms with van der Waals surface area (Å²) in [5, 5.41) is 13.2. The standard InChI is InChI=1S/C23H22ClFN6O4/c1-13-22(33)31(12-26-29-13)16-7-8-19(18(25)9-16)28-21(32)20-10-17(35-2)11-30(20)23(34)27-15-5-3-14(24)4-6-15/h3-9,12,17,20H,10-11H2,1-2H3,(H,27,34)(H,28,32)/t17-,20-/m1/s1. The van der Waals surface area contributed by atoms with Gasteiger partial charge in [0.25, 0.3) is 5.56 Å². The third kappa shape index (κ3) is 5.31. The first-order valence-electron chi connectivity index (χ1n) is 10.6. The molecule has 35 heavy (non-hydrogen) atoms. The molecule has 1 fully saturated rings. The van der Waals surface area contributed by atoms with E-state index < -0.39 is 29.4 Å². The van der Waals surface area contributed by atoms with E-state index >= 15 is 0 Å². The lowest BCUT2D eigenvalue weighted by Gasteiger charge is -2.24. The fraction of sp³-hybridized carbons (Fsp3) is 0.261. The second-order valence-electron chi connectivity index (χ2n) is 7.94. The zero-order valence-corrected chi connectivity index (χ0v) is 19.6. The van der Waals surface area contributed by atoms with Gasteiger partial charge in [0.15, 0.2) is 0 Å². The number of hydrogen-bond acceptors (Lipinski definition) is 6. The molecule has 1 aromatic heterocycles. The van der Waals surface area contributed by atoms with Crippen molar-refractivity contribution in [1.29, 1.82) is 0 Å². The molecule has 182 valence electrons. The van der Waals surface area contributed by atoms with Crippen molar-refractivity contribution in [2.45, 2.75) is 25.5 Å². The number of anilines is 2. The minimum absolute atomic E-state index is 0.0931. The van der Waals surface area contributed by atoms with Crippen molar-refractivity contribution >= 4 is 34.9 Å². The molecule has 1 aliphatic heterocycles. The molecule has 2 heterocycles. The first-order chi connectivity index (χ1) is 16.8. The van der Waals surface area contributed by atoms with Gasteiger partial charge in [-0.15, -0.1) is 10.2 Å². The van der Waals surface area contributed by atoms with Crippen LogP contribution in [0, 0.1) is 12.7 Å². The van der Waals surface area contributed by atoms with E-state index in [9.17, 15) is 18.8 Å². The molecular formula is C23H22ClFN6O4. The monoisotopic (exact) mass is 500 g/mol. The van der Waals surface area contributed by atoms with E-state index in [4.69, 9.17) is 16.3 Å². The zero-order chi connectivity index (χ0) is 25.1. The van der Waals surface area contributed by atoms with Gasteiger partial charge in [0, 0.05) is 36.9 Å². The summed E-state index contributed by atoms with van der Waals surface area (Å²) >= 11 is 5.88. The number of rotatable bonds is 5. The molecule has 4 rings (SSSR count). The third-order valence-corrected chi connectivity index (χ3v) is 5.90. The highest BCUT2D eigenvalue weighted by Gasteiger charge is 2.40. The lowest BCUT2D eigenvalue weighted by molar-refractivity contribution is -0.119. The Labute approximate surface area is 204 Å². The van der Waals surface area contributed by atoms with Crippen LogP contribution in [0.1, 0.15) is 12.1 Å². The van der Waals surface area contributed by atoms with Gasteiger partial charge in [-0.05, 0) is 43.3 Å². The second-order valence-corrected chi connectivity index (χ2v) is 8.38. The van der Waals surface area contributed by atoms with Crippen LogP contribution in [0.2, 0.25) is 5.02 Å². The molecule has 0 unspecified atom stereocenters. The number of ether oxygens (including phenoxy) is 1. The van der Waals surface area contributed by atoms with Crippen molar-refractivity contribution in [1.82, 2.24) is 19.7 Å². The Morgan fingerprint density at radius 3 is 2.60 bits per heavy atom. The molecule has 0 saturated carbocycles. The summed E-state index contributed by atoms with van der Waals surface area (Å²) < 4.78 is 21.4. The number of methoxy groups -OCH3 is 1. The number of halogens is 2. The molecule has 2 aromatic carbocycles. The Hall–Kier alpha value is -3.83. The lowest BCUT2D eigenvalue weighted by atomic mass is 10.1. The number of hydrogen-bond donors (Lipinski definition) is 2. The molecule has 2 N–H and O–H groups in total. The SMILES string of the molecule is CO[C@@H]1C[C@H](C(=O)Nc2ccc(-n3cnnc(C)c3=O)cc2F)N(C(=O)Nc2ccc(Cl)cc2)C1. The molecule has 2 atom stereocenters. The van der Waals surface area contributed by atoms with Crippen molar-refractivity contribution in [3.8, 4) is 5.69 Å². The van der Waals surface area contributed by atoms with Crippen LogP contribution in [0.5, 0.6) is 0 Å². The fourth-order valence-electron chi connectivity index (χ4n) is 3.76. The van der Waals surface area contributed by atoms with Crippen molar-refractivity contribution in [3.05, 3.63) is 75.7 Å². The Morgan fingerprint density at radius 2 is 1.91 bits per heavy atom. The van der Waals surface area contributed by atoms with Crippen LogP contribution in [-0.4, -0.2) is 57.4 Å². The predicted octanol–water partition coefficient (Wildman–Crippen LogP) is 2.99. The number of likely N-dealkylation sites (tertiary alicyclic amines) is 1. The number of benzene rings is 2. The van der Waals surface area contributed by atoms with Gasteiger partial charge >= 0.3 is 6.03 Å². The van der Waals surface area contributed by atoms with Gasteiger partial charge in [0.1, 0.15) is 23.9 Å². The first-order valence-corrected chi connectivity index (χ1v) is 11.0. The predicted molar refractivity (Wildman–Crippen MR) is 127 cm³/mol. The molecule has 12 heteroatoms. The van der Waals surface area contributed by atoms with Crippen LogP contribution < -0.4 is 16.2 Å². The summed E-state index contributed by atoms with van der Waals surface area (Å²) in [7, 11) is 1.50. The third-order valence-electron chi connectivity index (χ3n) is 5.65. The largest absolute Gasteiger partial charge is 0.380 e. The smallest absolute Gasteiger partial charge is 0.322 e. The normalized spacial score (nSPS) is 17.3. The summed E-state index contributed by atoms with van der Waals surface area (Å²) in [5.74, 6) is -1.32. The van der Waals surface area contributed by atoms with E-state index in [1.54, 1.807) is 24.3 Å². The van der Waals surface area contributed by atoms with Gasteiger partial charge in [0.2, 0.25) is 5.91 Å². The number of urea groups is 1. The molecular weight excluding hydrogens is 479 g/mol. The topological polar surface area (TPSA) is 118 Å². The van der Waals surface area contributed by atoms with Gasteiger partial charge in [-0.1, -0.05) is 11.6 Å². The maximum Gasteiger partial charge on any atom is 0.322 e. The van der Waals surface area contributed by atoms with Crippen molar-refractivity contribution in [2.75, 3.05) is 24.3 Å². The van der Waals surface area contributed by atoms with Crippen LogP contribution in [0.15, 0.2) is 53.6 Å². The highest BCUT2D eigenvalue weighted by molar-refractivity contribution is 6.30. The number of carbonyl (C=O) groups is 2. The summed E-state index contributed by atoms with van der Waals surface area (Å²) in [6.45, 7) is 1.69. The second kappa shape index (κ2) is 10.2. The summed E-state index contributed by atoms with van der Waals surface area (Å²) in [6, 6.07) is 9.08. The van der Waals surface area contributed by atoms with E-state index in [0.29, 0.717) is 10.7 Å². The van der Waals surface area contributed by atoms with Crippen LogP contribution in [0.4, 0.5) is 20.6 Å². The maximum absolute atomic E-state index is 14.8. The molecule has 0 spiro atoms. The summed E-state index contributed by atoms with van der Waals surface area (Å²) in [4.78, 5) is 39.5. The molecule has 10 nitrogen and oxygen atoms in total. The molecule has 1 saturated heterocycles. The van der Waals surface area contributed by atoms with Gasteiger partial charge in [0.05, 0.1) is 17.5 Å². The van der Waals surface area contributed by atoms with Crippen molar-refractivity contribution in [3.63, 3.8) is 0 Å². The minimum Gasteiger partial charge on any atom is -0.380 e. The van der Waals surface area contributed by atoms with Crippen LogP contribution in [0.25, 0.3) is 5.69 Å². The number of aromatic nitrogens is 3.